The second-order valence-electron chi connectivity index (χ2n) is 8.24. The van der Waals surface area contributed by atoms with Crippen LogP contribution in [0.15, 0.2) is 53.5 Å². The molecule has 1 atom stereocenters. The van der Waals surface area contributed by atoms with Crippen LogP contribution in [0.2, 0.25) is 0 Å². The van der Waals surface area contributed by atoms with Crippen molar-refractivity contribution < 1.29 is 8.42 Å². The molecular formula is C24H37IN4O2S. The van der Waals surface area contributed by atoms with Crippen LogP contribution in [-0.4, -0.2) is 33.5 Å². The van der Waals surface area contributed by atoms with Crippen molar-refractivity contribution in [3.63, 3.8) is 0 Å². The molecular weight excluding hydrogens is 535 g/mol. The number of hydrogen-bond donors (Lipinski definition) is 3. The first-order chi connectivity index (χ1) is 14.7. The van der Waals surface area contributed by atoms with Crippen molar-refractivity contribution in [2.75, 3.05) is 13.1 Å². The van der Waals surface area contributed by atoms with Crippen molar-refractivity contribution in [3.8, 4) is 0 Å². The van der Waals surface area contributed by atoms with Gasteiger partial charge in [0.25, 0.3) is 0 Å². The molecule has 32 heavy (non-hydrogen) atoms. The Hall–Kier alpha value is -1.65. The van der Waals surface area contributed by atoms with Crippen molar-refractivity contribution in [2.24, 2.45) is 4.99 Å². The number of guanidine groups is 1. The van der Waals surface area contributed by atoms with Crippen LogP contribution >= 0.6 is 24.0 Å². The first-order valence-corrected chi connectivity index (χ1v) is 12.5. The largest absolute Gasteiger partial charge is 0.357 e. The highest BCUT2D eigenvalue weighted by Crippen LogP contribution is 2.15. The van der Waals surface area contributed by atoms with Gasteiger partial charge in [0.05, 0.1) is 12.3 Å². The van der Waals surface area contributed by atoms with Crippen molar-refractivity contribution >= 4 is 40.0 Å². The molecule has 0 amide bonds. The third-order valence-corrected chi connectivity index (χ3v) is 6.32. The molecule has 0 aliphatic carbocycles. The second kappa shape index (κ2) is 13.8. The highest BCUT2D eigenvalue weighted by molar-refractivity contribution is 14.0. The Morgan fingerprint density at radius 3 is 2.09 bits per heavy atom. The number of nitrogens with one attached hydrogen (secondary N) is 3. The summed E-state index contributed by atoms with van der Waals surface area (Å²) in [6.45, 7) is 12.1. The SMILES string of the molecule is CCNC(=NCc1ccc(CS(=O)(=O)NC(C)C)cc1)NCC(C)c1ccc(C)cc1.I. The number of rotatable bonds is 10. The molecule has 0 bridgehead atoms. The van der Waals surface area contributed by atoms with E-state index >= 15 is 0 Å². The summed E-state index contributed by atoms with van der Waals surface area (Å²) in [6.07, 6.45) is 0. The Morgan fingerprint density at radius 1 is 0.938 bits per heavy atom. The predicted octanol–water partition coefficient (Wildman–Crippen LogP) is 4.30. The molecule has 0 saturated carbocycles. The lowest BCUT2D eigenvalue weighted by atomic mass is 10.0. The number of benzene rings is 2. The molecule has 0 aliphatic rings. The average Bonchev–Trinajstić information content (AvgIpc) is 2.70. The van der Waals surface area contributed by atoms with E-state index in [2.05, 4.69) is 58.5 Å². The molecule has 0 aliphatic heterocycles. The summed E-state index contributed by atoms with van der Waals surface area (Å²) in [5, 5.41) is 6.70. The van der Waals surface area contributed by atoms with Crippen LogP contribution in [-0.2, 0) is 22.3 Å². The molecule has 0 radical (unpaired) electrons. The maximum absolute atomic E-state index is 12.1. The zero-order chi connectivity index (χ0) is 22.9. The van der Waals surface area contributed by atoms with Crippen LogP contribution in [0.3, 0.4) is 0 Å². The van der Waals surface area contributed by atoms with Gasteiger partial charge in [-0.3, -0.25) is 0 Å². The zero-order valence-electron chi connectivity index (χ0n) is 19.7. The number of aliphatic imine (C=N–C) groups is 1. The third kappa shape index (κ3) is 10.3. The van der Waals surface area contributed by atoms with Gasteiger partial charge in [-0.25, -0.2) is 18.1 Å². The maximum atomic E-state index is 12.1. The molecule has 1 unspecified atom stereocenters. The standard InChI is InChI=1S/C24H36N4O2S.HI/c1-6-25-24(26-15-20(5)23-13-7-19(4)8-14-23)27-16-21-9-11-22(12-10-21)17-31(29,30)28-18(2)3;/h7-14,18,20,28H,6,15-17H2,1-5H3,(H2,25,26,27);1H. The minimum Gasteiger partial charge on any atom is -0.357 e. The third-order valence-electron chi connectivity index (χ3n) is 4.78. The van der Waals surface area contributed by atoms with Gasteiger partial charge in [0.2, 0.25) is 10.0 Å². The second-order valence-corrected chi connectivity index (χ2v) is 9.99. The van der Waals surface area contributed by atoms with Gasteiger partial charge in [-0.1, -0.05) is 61.0 Å². The van der Waals surface area contributed by atoms with Crippen LogP contribution < -0.4 is 15.4 Å². The molecule has 2 aromatic rings. The Kier molecular flexibility index (Phi) is 12.2. The van der Waals surface area contributed by atoms with E-state index in [1.165, 1.54) is 11.1 Å². The summed E-state index contributed by atoms with van der Waals surface area (Å²) >= 11 is 0. The van der Waals surface area contributed by atoms with E-state index in [9.17, 15) is 8.42 Å². The molecule has 178 valence electrons. The Balaban J connectivity index is 0.00000512. The summed E-state index contributed by atoms with van der Waals surface area (Å²) in [4.78, 5) is 4.67. The number of sulfonamides is 1. The van der Waals surface area contributed by atoms with Crippen molar-refractivity contribution in [3.05, 3.63) is 70.8 Å². The van der Waals surface area contributed by atoms with Gasteiger partial charge in [-0.2, -0.15) is 0 Å². The summed E-state index contributed by atoms with van der Waals surface area (Å²) < 4.78 is 26.8. The smallest absolute Gasteiger partial charge is 0.216 e. The molecule has 0 aromatic heterocycles. The van der Waals surface area contributed by atoms with Crippen molar-refractivity contribution in [1.82, 2.24) is 15.4 Å². The lowest BCUT2D eigenvalue weighted by molar-refractivity contribution is 0.569. The fourth-order valence-corrected chi connectivity index (χ4v) is 4.57. The fourth-order valence-electron chi connectivity index (χ4n) is 3.14. The van der Waals surface area contributed by atoms with E-state index in [1.54, 1.807) is 0 Å². The molecule has 6 nitrogen and oxygen atoms in total. The number of hydrogen-bond acceptors (Lipinski definition) is 3. The molecule has 2 aromatic carbocycles. The number of aryl methyl sites for hydroxylation is 1. The van der Waals surface area contributed by atoms with E-state index in [-0.39, 0.29) is 35.8 Å². The Bertz CT molecular complexity index is 943. The maximum Gasteiger partial charge on any atom is 0.216 e. The number of nitrogens with zero attached hydrogens (tertiary/aromatic N) is 1. The highest BCUT2D eigenvalue weighted by atomic mass is 127. The lowest BCUT2D eigenvalue weighted by Crippen LogP contribution is -2.39. The number of halogens is 1. The first kappa shape index (κ1) is 28.4. The van der Waals surface area contributed by atoms with Crippen LogP contribution in [0, 0.1) is 6.92 Å². The van der Waals surface area contributed by atoms with Gasteiger partial charge < -0.3 is 10.6 Å². The van der Waals surface area contributed by atoms with Crippen LogP contribution in [0.25, 0.3) is 0 Å². The van der Waals surface area contributed by atoms with Crippen LogP contribution in [0.4, 0.5) is 0 Å². The van der Waals surface area contributed by atoms with E-state index < -0.39 is 10.0 Å². The van der Waals surface area contributed by atoms with Gasteiger partial charge in [-0.05, 0) is 50.3 Å². The molecule has 0 heterocycles. The molecule has 0 saturated heterocycles. The minimum absolute atomic E-state index is 0. The van der Waals surface area contributed by atoms with Crippen molar-refractivity contribution in [1.29, 1.82) is 0 Å². The zero-order valence-corrected chi connectivity index (χ0v) is 22.8. The monoisotopic (exact) mass is 572 g/mol. The average molecular weight is 573 g/mol. The summed E-state index contributed by atoms with van der Waals surface area (Å²) in [5.74, 6) is 1.12. The summed E-state index contributed by atoms with van der Waals surface area (Å²) in [6, 6.07) is 16.1. The van der Waals surface area contributed by atoms with Gasteiger partial charge >= 0.3 is 0 Å². The molecule has 2 rings (SSSR count). The predicted molar refractivity (Wildman–Crippen MR) is 145 cm³/mol. The normalized spacial score (nSPS) is 12.9. The topological polar surface area (TPSA) is 82.6 Å². The van der Waals surface area contributed by atoms with Gasteiger partial charge in [0.1, 0.15) is 0 Å². The van der Waals surface area contributed by atoms with Gasteiger partial charge in [-0.15, -0.1) is 24.0 Å². The lowest BCUT2D eigenvalue weighted by Gasteiger charge is -2.16. The molecule has 3 N–H and O–H groups in total. The van der Waals surface area contributed by atoms with Gasteiger partial charge in [0.15, 0.2) is 5.96 Å². The Labute approximate surface area is 210 Å². The Morgan fingerprint density at radius 2 is 1.53 bits per heavy atom. The van der Waals surface area contributed by atoms with E-state index in [4.69, 9.17) is 0 Å². The van der Waals surface area contributed by atoms with E-state index in [1.807, 2.05) is 45.0 Å². The van der Waals surface area contributed by atoms with Gasteiger partial charge in [0, 0.05) is 19.1 Å². The highest BCUT2D eigenvalue weighted by Gasteiger charge is 2.12. The molecule has 0 spiro atoms. The summed E-state index contributed by atoms with van der Waals surface area (Å²) in [5.41, 5.74) is 4.35. The first-order valence-electron chi connectivity index (χ1n) is 10.8. The van der Waals surface area contributed by atoms with E-state index in [0.29, 0.717) is 12.5 Å². The van der Waals surface area contributed by atoms with Crippen LogP contribution in [0.1, 0.15) is 55.9 Å². The van der Waals surface area contributed by atoms with E-state index in [0.717, 1.165) is 30.2 Å². The van der Waals surface area contributed by atoms with Crippen LogP contribution in [0.5, 0.6) is 0 Å². The summed E-state index contributed by atoms with van der Waals surface area (Å²) in [7, 11) is -3.32. The minimum atomic E-state index is -3.32. The van der Waals surface area contributed by atoms with Crippen molar-refractivity contribution in [2.45, 2.75) is 58.9 Å². The molecule has 0 fully saturated rings. The molecule has 8 heteroatoms. The fraction of sp³-hybridized carbons (Fsp3) is 0.458. The quantitative estimate of drug-likeness (QED) is 0.225.